The Labute approximate surface area is 147 Å². The van der Waals surface area contributed by atoms with Crippen molar-refractivity contribution in [3.8, 4) is 5.75 Å². The van der Waals surface area contributed by atoms with Crippen LogP contribution in [0.1, 0.15) is 6.42 Å². The zero-order valence-corrected chi connectivity index (χ0v) is 14.6. The van der Waals surface area contributed by atoms with Gasteiger partial charge in [0.05, 0.1) is 13.1 Å². The Morgan fingerprint density at radius 1 is 1.40 bits per heavy atom. The summed E-state index contributed by atoms with van der Waals surface area (Å²) in [6.45, 7) is 2.48. The number of hydrogen-bond donors (Lipinski definition) is 1. The van der Waals surface area contributed by atoms with E-state index in [9.17, 15) is 4.79 Å². The fourth-order valence-corrected chi connectivity index (χ4v) is 2.82. The van der Waals surface area contributed by atoms with Crippen LogP contribution in [0.25, 0.3) is 0 Å². The number of nitrogens with one attached hydrogen (secondary N) is 1. The number of pyridine rings is 1. The third kappa shape index (κ3) is 4.40. The highest BCUT2D eigenvalue weighted by Crippen LogP contribution is 2.26. The second-order valence-corrected chi connectivity index (χ2v) is 6.20. The molecule has 2 aromatic rings. The Hall–Kier alpha value is -2.77. The van der Waals surface area contributed by atoms with Crippen molar-refractivity contribution < 1.29 is 9.53 Å². The van der Waals surface area contributed by atoms with Gasteiger partial charge < -0.3 is 19.9 Å². The molecule has 1 aliphatic heterocycles. The highest BCUT2D eigenvalue weighted by Gasteiger charge is 2.28. The Kier molecular flexibility index (Phi) is 5.37. The Bertz CT molecular complexity index is 688. The summed E-state index contributed by atoms with van der Waals surface area (Å²) in [6.07, 6.45) is 6.15. The monoisotopic (exact) mass is 344 g/mol. The second-order valence-electron chi connectivity index (χ2n) is 6.20. The predicted octanol–water partition coefficient (Wildman–Crippen LogP) is 1.21. The Balaban J connectivity index is 1.47. The van der Waals surface area contributed by atoms with Crippen LogP contribution in [-0.4, -0.2) is 65.5 Å². The highest BCUT2D eigenvalue weighted by molar-refractivity contribution is 5.74. The molecular formula is C17H24N6O2. The topological polar surface area (TPSA) is 75.5 Å². The van der Waals surface area contributed by atoms with Crippen molar-refractivity contribution in [2.24, 2.45) is 0 Å². The molecule has 0 aromatic carbocycles. The SMILES string of the molecule is CN(C)c1ncccc1O[C@@H]1CCN(C(=O)NCCn2cccn2)C1. The smallest absolute Gasteiger partial charge is 0.317 e. The zero-order valence-electron chi connectivity index (χ0n) is 14.6. The van der Waals surface area contributed by atoms with Crippen LogP contribution in [0.3, 0.4) is 0 Å². The van der Waals surface area contributed by atoms with E-state index in [1.54, 1.807) is 22.0 Å². The van der Waals surface area contributed by atoms with Crippen LogP contribution >= 0.6 is 0 Å². The third-order valence-corrected chi connectivity index (χ3v) is 4.08. The molecule has 1 aliphatic rings. The van der Waals surface area contributed by atoms with Gasteiger partial charge in [-0.15, -0.1) is 0 Å². The molecule has 0 unspecified atom stereocenters. The van der Waals surface area contributed by atoms with Crippen molar-refractivity contribution in [2.75, 3.05) is 38.6 Å². The Morgan fingerprint density at radius 2 is 2.28 bits per heavy atom. The summed E-state index contributed by atoms with van der Waals surface area (Å²) >= 11 is 0. The van der Waals surface area contributed by atoms with E-state index in [1.807, 2.05) is 43.4 Å². The molecule has 0 saturated carbocycles. The van der Waals surface area contributed by atoms with Crippen molar-refractivity contribution in [3.05, 3.63) is 36.8 Å². The lowest BCUT2D eigenvalue weighted by Crippen LogP contribution is -2.40. The number of rotatable bonds is 6. The molecule has 8 heteroatoms. The lowest BCUT2D eigenvalue weighted by atomic mass is 10.3. The van der Waals surface area contributed by atoms with Crippen LogP contribution < -0.4 is 15.0 Å². The van der Waals surface area contributed by atoms with Crippen molar-refractivity contribution in [1.82, 2.24) is 25.0 Å². The van der Waals surface area contributed by atoms with Crippen LogP contribution in [0, 0.1) is 0 Å². The minimum absolute atomic E-state index is 0.0141. The molecule has 1 N–H and O–H groups in total. The fourth-order valence-electron chi connectivity index (χ4n) is 2.82. The van der Waals surface area contributed by atoms with E-state index in [0.717, 1.165) is 18.0 Å². The van der Waals surface area contributed by atoms with Crippen molar-refractivity contribution in [1.29, 1.82) is 0 Å². The summed E-state index contributed by atoms with van der Waals surface area (Å²) in [6, 6.07) is 5.58. The largest absolute Gasteiger partial charge is 0.485 e. The van der Waals surface area contributed by atoms with E-state index in [-0.39, 0.29) is 12.1 Å². The van der Waals surface area contributed by atoms with Gasteiger partial charge in [0.15, 0.2) is 11.6 Å². The summed E-state index contributed by atoms with van der Waals surface area (Å²) in [7, 11) is 3.87. The summed E-state index contributed by atoms with van der Waals surface area (Å²) in [5, 5.41) is 7.04. The average Bonchev–Trinajstić information content (AvgIpc) is 3.27. The summed E-state index contributed by atoms with van der Waals surface area (Å²) in [5.74, 6) is 1.54. The first kappa shape index (κ1) is 17.1. The number of hydrogen-bond acceptors (Lipinski definition) is 5. The van der Waals surface area contributed by atoms with Gasteiger partial charge in [-0.25, -0.2) is 9.78 Å². The standard InChI is InChI=1S/C17H24N6O2/c1-21(2)16-15(5-3-7-18-16)25-14-6-11-22(13-14)17(24)19-9-12-23-10-4-8-20-23/h3-5,7-8,10,14H,6,9,11-13H2,1-2H3,(H,19,24)/t14-/m1/s1. The van der Waals surface area contributed by atoms with Crippen molar-refractivity contribution in [2.45, 2.75) is 19.1 Å². The lowest BCUT2D eigenvalue weighted by molar-refractivity contribution is 0.186. The quantitative estimate of drug-likeness (QED) is 0.852. The van der Waals surface area contributed by atoms with E-state index in [0.29, 0.717) is 26.2 Å². The average molecular weight is 344 g/mol. The fraction of sp³-hybridized carbons (Fsp3) is 0.471. The van der Waals surface area contributed by atoms with Crippen molar-refractivity contribution >= 4 is 11.8 Å². The first-order chi connectivity index (χ1) is 12.1. The summed E-state index contributed by atoms with van der Waals surface area (Å²) < 4.78 is 7.86. The van der Waals surface area contributed by atoms with Crippen LogP contribution in [0.5, 0.6) is 5.75 Å². The number of carbonyl (C=O) groups excluding carboxylic acids is 1. The molecule has 1 atom stereocenters. The molecule has 8 nitrogen and oxygen atoms in total. The van der Waals surface area contributed by atoms with Crippen molar-refractivity contribution in [3.63, 3.8) is 0 Å². The number of aromatic nitrogens is 3. The normalized spacial score (nSPS) is 16.7. The van der Waals surface area contributed by atoms with E-state index in [2.05, 4.69) is 15.4 Å². The minimum Gasteiger partial charge on any atom is -0.485 e. The predicted molar refractivity (Wildman–Crippen MR) is 94.8 cm³/mol. The van der Waals surface area contributed by atoms with Gasteiger partial charge >= 0.3 is 6.03 Å². The number of carbonyl (C=O) groups is 1. The van der Waals surface area contributed by atoms with Crippen LogP contribution in [0.2, 0.25) is 0 Å². The molecule has 0 aliphatic carbocycles. The van der Waals surface area contributed by atoms with E-state index >= 15 is 0 Å². The molecule has 0 bridgehead atoms. The van der Waals surface area contributed by atoms with Gasteiger partial charge in [0.1, 0.15) is 6.10 Å². The van der Waals surface area contributed by atoms with Gasteiger partial charge in [0, 0.05) is 52.2 Å². The second kappa shape index (κ2) is 7.87. The van der Waals surface area contributed by atoms with E-state index in [4.69, 9.17) is 4.74 Å². The van der Waals surface area contributed by atoms with Crippen LogP contribution in [0.4, 0.5) is 10.6 Å². The lowest BCUT2D eigenvalue weighted by Gasteiger charge is -2.20. The number of nitrogens with zero attached hydrogens (tertiary/aromatic N) is 5. The van der Waals surface area contributed by atoms with Gasteiger partial charge in [-0.1, -0.05) is 0 Å². The number of ether oxygens (including phenoxy) is 1. The molecule has 0 radical (unpaired) electrons. The van der Waals surface area contributed by atoms with Gasteiger partial charge in [-0.3, -0.25) is 4.68 Å². The zero-order chi connectivity index (χ0) is 17.6. The van der Waals surface area contributed by atoms with E-state index < -0.39 is 0 Å². The number of anilines is 1. The number of likely N-dealkylation sites (tertiary alicyclic amines) is 1. The highest BCUT2D eigenvalue weighted by atomic mass is 16.5. The first-order valence-corrected chi connectivity index (χ1v) is 8.42. The molecule has 2 aromatic heterocycles. The van der Waals surface area contributed by atoms with Gasteiger partial charge in [-0.05, 0) is 18.2 Å². The molecule has 3 rings (SSSR count). The molecule has 0 spiro atoms. The minimum atomic E-state index is -0.0581. The maximum Gasteiger partial charge on any atom is 0.317 e. The molecule has 1 saturated heterocycles. The van der Waals surface area contributed by atoms with E-state index in [1.165, 1.54) is 0 Å². The molecule has 134 valence electrons. The van der Waals surface area contributed by atoms with Gasteiger partial charge in [0.2, 0.25) is 0 Å². The molecule has 2 amide bonds. The molecular weight excluding hydrogens is 320 g/mol. The molecule has 1 fully saturated rings. The van der Waals surface area contributed by atoms with Crippen LogP contribution in [-0.2, 0) is 6.54 Å². The maximum absolute atomic E-state index is 12.3. The first-order valence-electron chi connectivity index (χ1n) is 8.42. The summed E-state index contributed by atoms with van der Waals surface area (Å²) in [4.78, 5) is 20.3. The number of urea groups is 1. The molecule has 3 heterocycles. The third-order valence-electron chi connectivity index (χ3n) is 4.08. The number of amides is 2. The Morgan fingerprint density at radius 3 is 3.04 bits per heavy atom. The van der Waals surface area contributed by atoms with Gasteiger partial charge in [-0.2, -0.15) is 5.10 Å². The van der Waals surface area contributed by atoms with Gasteiger partial charge in [0.25, 0.3) is 0 Å². The molecule has 25 heavy (non-hydrogen) atoms. The summed E-state index contributed by atoms with van der Waals surface area (Å²) in [5.41, 5.74) is 0. The van der Waals surface area contributed by atoms with Crippen LogP contribution in [0.15, 0.2) is 36.8 Å². The maximum atomic E-state index is 12.3.